The summed E-state index contributed by atoms with van der Waals surface area (Å²) in [5.41, 5.74) is 2.30. The molecular weight excluding hydrogens is 359 g/mol. The molecule has 1 N–H and O–H groups in total. The van der Waals surface area contributed by atoms with Crippen molar-refractivity contribution >= 4 is 17.6 Å². The third-order valence-corrected chi connectivity index (χ3v) is 4.56. The molecule has 1 aromatic carbocycles. The number of hydrogen-bond acceptors (Lipinski definition) is 4. The molecule has 28 heavy (non-hydrogen) atoms. The number of nitrogens with zero attached hydrogens (tertiary/aromatic N) is 3. The lowest BCUT2D eigenvalue weighted by molar-refractivity contribution is -0.120. The number of aryl methyl sites for hydroxylation is 1. The Hall–Kier alpha value is -3.61. The summed E-state index contributed by atoms with van der Waals surface area (Å²) in [5.74, 6) is -0.905. The van der Waals surface area contributed by atoms with E-state index in [1.807, 2.05) is 6.92 Å². The first kappa shape index (κ1) is 17.8. The third-order valence-electron chi connectivity index (χ3n) is 4.56. The summed E-state index contributed by atoms with van der Waals surface area (Å²) in [4.78, 5) is 35.9. The van der Waals surface area contributed by atoms with Crippen LogP contribution in [0.5, 0.6) is 0 Å². The van der Waals surface area contributed by atoms with E-state index in [9.17, 15) is 14.0 Å². The van der Waals surface area contributed by atoms with Crippen LogP contribution in [0.3, 0.4) is 0 Å². The van der Waals surface area contributed by atoms with Gasteiger partial charge in [-0.1, -0.05) is 18.2 Å². The number of amides is 2. The summed E-state index contributed by atoms with van der Waals surface area (Å²) >= 11 is 0. The van der Waals surface area contributed by atoms with E-state index in [0.717, 1.165) is 5.56 Å². The number of hydrogen-bond donors (Lipinski definition) is 1. The van der Waals surface area contributed by atoms with Gasteiger partial charge in [-0.15, -0.1) is 0 Å². The summed E-state index contributed by atoms with van der Waals surface area (Å²) in [5, 5.41) is 2.71. The first-order valence-electron chi connectivity index (χ1n) is 8.77. The Morgan fingerprint density at radius 2 is 2.04 bits per heavy atom. The van der Waals surface area contributed by atoms with Gasteiger partial charge in [0.05, 0.1) is 17.8 Å². The zero-order chi connectivity index (χ0) is 19.7. The van der Waals surface area contributed by atoms with Crippen molar-refractivity contribution in [1.29, 1.82) is 0 Å². The summed E-state index contributed by atoms with van der Waals surface area (Å²) in [7, 11) is 0. The lowest BCUT2D eigenvalue weighted by Crippen LogP contribution is -2.37. The zero-order valence-corrected chi connectivity index (χ0v) is 15.1. The first-order chi connectivity index (χ1) is 13.5. The average molecular weight is 376 g/mol. The largest absolute Gasteiger partial charge is 0.316 e. The number of carbonyl (C=O) groups is 2. The molecule has 3 heterocycles. The molecule has 2 amide bonds. The fourth-order valence-electron chi connectivity index (χ4n) is 3.29. The molecular formula is C21H17FN4O2. The molecule has 0 radical (unpaired) electrons. The van der Waals surface area contributed by atoms with Gasteiger partial charge in [-0.3, -0.25) is 14.6 Å². The van der Waals surface area contributed by atoms with Crippen LogP contribution in [0.2, 0.25) is 0 Å². The van der Waals surface area contributed by atoms with Crippen molar-refractivity contribution in [1.82, 2.24) is 14.9 Å². The minimum Gasteiger partial charge on any atom is -0.316 e. The van der Waals surface area contributed by atoms with Crippen LogP contribution in [-0.4, -0.2) is 26.7 Å². The molecule has 0 aliphatic carbocycles. The minimum absolute atomic E-state index is 0.172. The predicted molar refractivity (Wildman–Crippen MR) is 101 cm³/mol. The van der Waals surface area contributed by atoms with Crippen LogP contribution in [0, 0.1) is 12.7 Å². The predicted octanol–water partition coefficient (Wildman–Crippen LogP) is 3.26. The van der Waals surface area contributed by atoms with Crippen LogP contribution in [0.15, 0.2) is 60.9 Å². The topological polar surface area (TPSA) is 75.2 Å². The summed E-state index contributed by atoms with van der Waals surface area (Å²) in [6.07, 6.45) is 3.23. The van der Waals surface area contributed by atoms with Gasteiger partial charge in [0.15, 0.2) is 0 Å². The standard InChI is InChI=1S/C21H17FN4O2/c1-13-9-16-17(24-11-13)12-26(21(16)28)19(14-5-4-6-15(22)10-14)20(27)25-18-7-2-3-8-23-18/h2-11,19H,12H2,1H3,(H,23,25,27). The Morgan fingerprint density at radius 1 is 1.18 bits per heavy atom. The number of anilines is 1. The number of pyridine rings is 2. The molecule has 0 spiro atoms. The molecule has 0 bridgehead atoms. The Bertz CT molecular complexity index is 1060. The van der Waals surface area contributed by atoms with E-state index in [4.69, 9.17) is 0 Å². The highest BCUT2D eigenvalue weighted by molar-refractivity contribution is 6.03. The van der Waals surface area contributed by atoms with Crippen molar-refractivity contribution in [2.45, 2.75) is 19.5 Å². The molecule has 0 fully saturated rings. The molecule has 0 saturated carbocycles. The van der Waals surface area contributed by atoms with Gasteiger partial charge < -0.3 is 10.2 Å². The van der Waals surface area contributed by atoms with Crippen LogP contribution in [-0.2, 0) is 11.3 Å². The maximum atomic E-state index is 13.9. The second-order valence-corrected chi connectivity index (χ2v) is 6.60. The molecule has 0 saturated heterocycles. The number of aromatic nitrogens is 2. The van der Waals surface area contributed by atoms with Crippen molar-refractivity contribution in [3.05, 3.63) is 89.1 Å². The molecule has 4 rings (SSSR count). The number of carbonyl (C=O) groups excluding carboxylic acids is 2. The Balaban J connectivity index is 1.72. The summed E-state index contributed by atoms with van der Waals surface area (Å²) in [6, 6.07) is 11.6. The monoisotopic (exact) mass is 376 g/mol. The van der Waals surface area contributed by atoms with Gasteiger partial charge in [0.2, 0.25) is 0 Å². The van der Waals surface area contributed by atoms with Crippen LogP contribution >= 0.6 is 0 Å². The van der Waals surface area contributed by atoms with E-state index in [0.29, 0.717) is 22.6 Å². The van der Waals surface area contributed by atoms with Gasteiger partial charge in [0.25, 0.3) is 11.8 Å². The first-order valence-corrected chi connectivity index (χ1v) is 8.77. The zero-order valence-electron chi connectivity index (χ0n) is 15.1. The quantitative estimate of drug-likeness (QED) is 0.758. The number of nitrogens with one attached hydrogen (secondary N) is 1. The highest BCUT2D eigenvalue weighted by Gasteiger charge is 2.38. The van der Waals surface area contributed by atoms with E-state index in [1.165, 1.54) is 23.1 Å². The van der Waals surface area contributed by atoms with Gasteiger partial charge in [0.1, 0.15) is 17.7 Å². The van der Waals surface area contributed by atoms with E-state index in [-0.39, 0.29) is 12.5 Å². The van der Waals surface area contributed by atoms with Crippen molar-refractivity contribution in [3.8, 4) is 0 Å². The number of fused-ring (bicyclic) bond motifs is 1. The highest BCUT2D eigenvalue weighted by Crippen LogP contribution is 2.32. The van der Waals surface area contributed by atoms with E-state index < -0.39 is 17.8 Å². The van der Waals surface area contributed by atoms with Gasteiger partial charge >= 0.3 is 0 Å². The van der Waals surface area contributed by atoms with E-state index in [2.05, 4.69) is 15.3 Å². The van der Waals surface area contributed by atoms with Crippen LogP contribution in [0.25, 0.3) is 0 Å². The second kappa shape index (κ2) is 7.19. The van der Waals surface area contributed by atoms with Gasteiger partial charge in [-0.05, 0) is 48.4 Å². The summed E-state index contributed by atoms with van der Waals surface area (Å²) < 4.78 is 13.9. The van der Waals surface area contributed by atoms with Crippen LogP contribution in [0.4, 0.5) is 10.2 Å². The molecule has 140 valence electrons. The van der Waals surface area contributed by atoms with Gasteiger partial charge in [0, 0.05) is 12.4 Å². The van der Waals surface area contributed by atoms with Gasteiger partial charge in [-0.2, -0.15) is 0 Å². The van der Waals surface area contributed by atoms with E-state index in [1.54, 1.807) is 42.7 Å². The summed E-state index contributed by atoms with van der Waals surface area (Å²) in [6.45, 7) is 2.02. The third kappa shape index (κ3) is 3.34. The van der Waals surface area contributed by atoms with Crippen LogP contribution < -0.4 is 5.32 Å². The second-order valence-electron chi connectivity index (χ2n) is 6.60. The molecule has 6 nitrogen and oxygen atoms in total. The molecule has 1 aliphatic rings. The fourth-order valence-corrected chi connectivity index (χ4v) is 3.29. The lowest BCUT2D eigenvalue weighted by atomic mass is 10.0. The molecule has 1 atom stereocenters. The molecule has 7 heteroatoms. The number of halogens is 1. The molecule has 1 unspecified atom stereocenters. The van der Waals surface area contributed by atoms with E-state index >= 15 is 0 Å². The van der Waals surface area contributed by atoms with Crippen molar-refractivity contribution < 1.29 is 14.0 Å². The Morgan fingerprint density at radius 3 is 2.79 bits per heavy atom. The smallest absolute Gasteiger partial charge is 0.257 e. The van der Waals surface area contributed by atoms with Crippen molar-refractivity contribution in [3.63, 3.8) is 0 Å². The van der Waals surface area contributed by atoms with Crippen molar-refractivity contribution in [2.75, 3.05) is 5.32 Å². The molecule has 3 aromatic rings. The average Bonchev–Trinajstić information content (AvgIpc) is 2.99. The van der Waals surface area contributed by atoms with Crippen molar-refractivity contribution in [2.24, 2.45) is 0 Å². The molecule has 2 aromatic heterocycles. The highest BCUT2D eigenvalue weighted by atomic mass is 19.1. The van der Waals surface area contributed by atoms with Crippen LogP contribution in [0.1, 0.15) is 33.2 Å². The number of rotatable bonds is 4. The fraction of sp³-hybridized carbons (Fsp3) is 0.143. The maximum Gasteiger partial charge on any atom is 0.257 e. The maximum absolute atomic E-state index is 13.9. The Labute approximate surface area is 161 Å². The molecule has 1 aliphatic heterocycles. The minimum atomic E-state index is -1.01. The Kier molecular flexibility index (Phi) is 4.57. The SMILES string of the molecule is Cc1cnc2c(c1)C(=O)N(C(C(=O)Nc1ccccn1)c1cccc(F)c1)C2. The van der Waals surface area contributed by atoms with Gasteiger partial charge in [-0.25, -0.2) is 9.37 Å². The normalized spacial score (nSPS) is 13.9. The lowest BCUT2D eigenvalue weighted by Gasteiger charge is -2.27. The number of benzene rings is 1.